The molecule has 0 fully saturated rings. The van der Waals surface area contributed by atoms with Crippen molar-refractivity contribution in [3.8, 4) is 0 Å². The number of carbonyl (C=O) groups excluding carboxylic acids is 1. The minimum Gasteiger partial charge on any atom is -0.379 e. The number of ether oxygens (including phenoxy) is 1. The molecule has 112 valence electrons. The van der Waals surface area contributed by atoms with Gasteiger partial charge in [-0.3, -0.25) is 4.79 Å². The number of nitrogens with zero attached hydrogens (tertiary/aromatic N) is 1. The molecule has 0 atom stereocenters. The molecule has 0 aliphatic rings. The van der Waals surface area contributed by atoms with Crippen molar-refractivity contribution in [1.82, 2.24) is 10.2 Å². The molecule has 0 saturated carbocycles. The molecule has 0 aliphatic heterocycles. The number of anilines is 1. The predicted molar refractivity (Wildman–Crippen MR) is 77.3 cm³/mol. The maximum atomic E-state index is 12.7. The van der Waals surface area contributed by atoms with E-state index < -0.39 is 0 Å². The maximum Gasteiger partial charge on any atom is 0.238 e. The molecule has 6 heteroatoms. The number of nitrogens with one attached hydrogen (secondary N) is 2. The number of hydrogen-bond acceptors (Lipinski definition) is 4. The van der Waals surface area contributed by atoms with Gasteiger partial charge < -0.3 is 20.3 Å². The Hall–Kier alpha value is -1.50. The van der Waals surface area contributed by atoms with E-state index in [9.17, 15) is 9.18 Å². The summed E-state index contributed by atoms with van der Waals surface area (Å²) >= 11 is 0. The lowest BCUT2D eigenvalue weighted by Gasteiger charge is -2.10. The van der Waals surface area contributed by atoms with E-state index in [0.29, 0.717) is 25.4 Å². The summed E-state index contributed by atoms with van der Waals surface area (Å²) in [5.74, 6) is -0.485. The van der Waals surface area contributed by atoms with E-state index in [2.05, 4.69) is 10.6 Å². The van der Waals surface area contributed by atoms with Crippen molar-refractivity contribution in [3.05, 3.63) is 30.1 Å². The summed E-state index contributed by atoms with van der Waals surface area (Å²) < 4.78 is 18.1. The fraction of sp³-hybridized carbons (Fsp3) is 0.500. The molecule has 0 bridgehead atoms. The zero-order valence-corrected chi connectivity index (χ0v) is 12.0. The minimum absolute atomic E-state index is 0.162. The molecular weight excluding hydrogens is 261 g/mol. The first-order valence-electron chi connectivity index (χ1n) is 6.56. The molecule has 2 N–H and O–H groups in total. The van der Waals surface area contributed by atoms with Crippen LogP contribution >= 0.6 is 0 Å². The van der Waals surface area contributed by atoms with E-state index in [-0.39, 0.29) is 18.3 Å². The van der Waals surface area contributed by atoms with Crippen LogP contribution in [0.25, 0.3) is 0 Å². The maximum absolute atomic E-state index is 12.7. The minimum atomic E-state index is -0.323. The van der Waals surface area contributed by atoms with E-state index in [1.165, 1.54) is 24.3 Å². The standard InChI is InChI=1S/C14H22FN3O2/c1-18(2)8-10-20-9-7-16-11-14(19)17-13-5-3-12(15)4-6-13/h3-6,16H,7-11H2,1-2H3,(H,17,19). The molecule has 0 heterocycles. The number of benzene rings is 1. The molecule has 20 heavy (non-hydrogen) atoms. The van der Waals surface area contributed by atoms with E-state index in [1.54, 1.807) is 0 Å². The molecule has 1 amide bonds. The first-order chi connectivity index (χ1) is 9.58. The van der Waals surface area contributed by atoms with Crippen LogP contribution in [0.4, 0.5) is 10.1 Å². The van der Waals surface area contributed by atoms with Crippen LogP contribution in [0.2, 0.25) is 0 Å². The van der Waals surface area contributed by atoms with Crippen LogP contribution < -0.4 is 10.6 Å². The number of carbonyl (C=O) groups is 1. The Labute approximate surface area is 119 Å². The Morgan fingerprint density at radius 3 is 2.60 bits per heavy atom. The molecule has 0 aromatic heterocycles. The Balaban J connectivity index is 2.04. The highest BCUT2D eigenvalue weighted by Gasteiger charge is 2.01. The lowest BCUT2D eigenvalue weighted by atomic mass is 10.3. The third kappa shape index (κ3) is 7.83. The van der Waals surface area contributed by atoms with E-state index in [4.69, 9.17) is 4.74 Å². The second-order valence-corrected chi connectivity index (χ2v) is 4.65. The van der Waals surface area contributed by atoms with E-state index in [1.807, 2.05) is 19.0 Å². The van der Waals surface area contributed by atoms with Gasteiger partial charge in [-0.2, -0.15) is 0 Å². The SMILES string of the molecule is CN(C)CCOCCNCC(=O)Nc1ccc(F)cc1. The third-order valence-electron chi connectivity index (χ3n) is 2.52. The largest absolute Gasteiger partial charge is 0.379 e. The van der Waals surface area contributed by atoms with Crippen LogP contribution in [0.5, 0.6) is 0 Å². The Morgan fingerprint density at radius 2 is 1.95 bits per heavy atom. The number of hydrogen-bond donors (Lipinski definition) is 2. The van der Waals surface area contributed by atoms with Gasteiger partial charge in [-0.1, -0.05) is 0 Å². The number of halogens is 1. The summed E-state index contributed by atoms with van der Waals surface area (Å²) in [4.78, 5) is 13.6. The van der Waals surface area contributed by atoms with Crippen molar-refractivity contribution in [2.45, 2.75) is 0 Å². The van der Waals surface area contributed by atoms with E-state index in [0.717, 1.165) is 6.54 Å². The summed E-state index contributed by atoms with van der Waals surface area (Å²) in [6.45, 7) is 2.94. The van der Waals surface area contributed by atoms with Crippen LogP contribution in [0.1, 0.15) is 0 Å². The topological polar surface area (TPSA) is 53.6 Å². The second kappa shape index (κ2) is 9.41. The fourth-order valence-corrected chi connectivity index (χ4v) is 1.43. The smallest absolute Gasteiger partial charge is 0.238 e. The lowest BCUT2D eigenvalue weighted by Crippen LogP contribution is -2.31. The molecule has 0 aliphatic carbocycles. The quantitative estimate of drug-likeness (QED) is 0.662. The van der Waals surface area contributed by atoms with Crippen LogP contribution in [0, 0.1) is 5.82 Å². The van der Waals surface area contributed by atoms with Crippen molar-refractivity contribution in [3.63, 3.8) is 0 Å². The highest BCUT2D eigenvalue weighted by atomic mass is 19.1. The highest BCUT2D eigenvalue weighted by molar-refractivity contribution is 5.92. The molecular formula is C14H22FN3O2. The van der Waals surface area contributed by atoms with Crippen LogP contribution in [-0.4, -0.2) is 57.8 Å². The van der Waals surface area contributed by atoms with Crippen molar-refractivity contribution in [2.75, 3.05) is 52.3 Å². The van der Waals surface area contributed by atoms with Gasteiger partial charge in [-0.15, -0.1) is 0 Å². The van der Waals surface area contributed by atoms with Gasteiger partial charge in [-0.25, -0.2) is 4.39 Å². The van der Waals surface area contributed by atoms with E-state index >= 15 is 0 Å². The molecule has 1 rings (SSSR count). The average Bonchev–Trinajstić information content (AvgIpc) is 2.40. The van der Waals surface area contributed by atoms with Gasteiger partial charge in [0.15, 0.2) is 0 Å². The summed E-state index contributed by atoms with van der Waals surface area (Å²) in [5.41, 5.74) is 0.584. The summed E-state index contributed by atoms with van der Waals surface area (Å²) in [7, 11) is 3.97. The molecule has 0 unspecified atom stereocenters. The first kappa shape index (κ1) is 16.6. The van der Waals surface area contributed by atoms with Gasteiger partial charge in [0.05, 0.1) is 19.8 Å². The highest BCUT2D eigenvalue weighted by Crippen LogP contribution is 2.07. The third-order valence-corrected chi connectivity index (χ3v) is 2.52. The average molecular weight is 283 g/mol. The normalized spacial score (nSPS) is 10.8. The summed E-state index contributed by atoms with van der Waals surface area (Å²) in [5, 5.41) is 5.65. The monoisotopic (exact) mass is 283 g/mol. The summed E-state index contributed by atoms with van der Waals surface area (Å²) in [6, 6.07) is 5.67. The number of rotatable bonds is 9. The van der Waals surface area contributed by atoms with Gasteiger partial charge in [0.2, 0.25) is 5.91 Å². The zero-order valence-electron chi connectivity index (χ0n) is 12.0. The van der Waals surface area contributed by atoms with Crippen molar-refractivity contribution >= 4 is 11.6 Å². The molecule has 0 radical (unpaired) electrons. The Bertz CT molecular complexity index is 396. The Morgan fingerprint density at radius 1 is 1.25 bits per heavy atom. The van der Waals surface area contributed by atoms with Gasteiger partial charge >= 0.3 is 0 Å². The zero-order chi connectivity index (χ0) is 14.8. The first-order valence-corrected chi connectivity index (χ1v) is 6.56. The molecule has 0 spiro atoms. The summed E-state index contributed by atoms with van der Waals surface area (Å²) in [6.07, 6.45) is 0. The van der Waals surface area contributed by atoms with Gasteiger partial charge in [0, 0.05) is 18.8 Å². The van der Waals surface area contributed by atoms with Crippen molar-refractivity contribution in [2.24, 2.45) is 0 Å². The van der Waals surface area contributed by atoms with Crippen molar-refractivity contribution in [1.29, 1.82) is 0 Å². The molecule has 0 saturated heterocycles. The van der Waals surface area contributed by atoms with Crippen LogP contribution in [0.3, 0.4) is 0 Å². The van der Waals surface area contributed by atoms with Gasteiger partial charge in [-0.05, 0) is 38.4 Å². The lowest BCUT2D eigenvalue weighted by molar-refractivity contribution is -0.115. The predicted octanol–water partition coefficient (Wildman–Crippen LogP) is 0.932. The fourth-order valence-electron chi connectivity index (χ4n) is 1.43. The number of likely N-dealkylation sites (N-methyl/N-ethyl adjacent to an activating group) is 1. The number of amides is 1. The molecule has 5 nitrogen and oxygen atoms in total. The second-order valence-electron chi connectivity index (χ2n) is 4.65. The van der Waals surface area contributed by atoms with Gasteiger partial charge in [0.1, 0.15) is 5.82 Å². The van der Waals surface area contributed by atoms with Gasteiger partial charge in [0.25, 0.3) is 0 Å². The van der Waals surface area contributed by atoms with Crippen LogP contribution in [0.15, 0.2) is 24.3 Å². The van der Waals surface area contributed by atoms with Crippen LogP contribution in [-0.2, 0) is 9.53 Å². The Kier molecular flexibility index (Phi) is 7.79. The van der Waals surface area contributed by atoms with Crippen molar-refractivity contribution < 1.29 is 13.9 Å². The molecule has 1 aromatic carbocycles. The molecule has 1 aromatic rings.